The molecule has 0 radical (unpaired) electrons. The number of piperidine rings is 1. The minimum atomic E-state index is -0.377. The normalized spacial score (nSPS) is 22.5. The number of carbonyl (C=O) groups excluding carboxylic acids is 1. The number of rotatable bonds is 3. The van der Waals surface area contributed by atoms with E-state index in [0.717, 1.165) is 42.7 Å². The fourth-order valence-corrected chi connectivity index (χ4v) is 3.82. The molecule has 0 bridgehead atoms. The van der Waals surface area contributed by atoms with E-state index < -0.39 is 0 Å². The first-order valence-corrected chi connectivity index (χ1v) is 8.95. The highest BCUT2D eigenvalue weighted by atomic mass is 16.3. The summed E-state index contributed by atoms with van der Waals surface area (Å²) in [6.45, 7) is 5.09. The van der Waals surface area contributed by atoms with Crippen LogP contribution in [0.4, 0.5) is 5.69 Å². The van der Waals surface area contributed by atoms with E-state index in [9.17, 15) is 9.90 Å². The molecule has 2 fully saturated rings. The fourth-order valence-electron chi connectivity index (χ4n) is 3.82. The fraction of sp³-hybridized carbons (Fsp3) is 0.632. The van der Waals surface area contributed by atoms with Gasteiger partial charge in [-0.15, -0.1) is 0 Å². The molecule has 1 aromatic rings. The molecule has 0 saturated carbocycles. The second-order valence-corrected chi connectivity index (χ2v) is 7.40. The van der Waals surface area contributed by atoms with Crippen LogP contribution in [0.1, 0.15) is 35.2 Å². The van der Waals surface area contributed by atoms with Crippen molar-refractivity contribution in [1.82, 2.24) is 9.80 Å². The van der Waals surface area contributed by atoms with Gasteiger partial charge in [-0.1, -0.05) is 11.6 Å². The summed E-state index contributed by atoms with van der Waals surface area (Å²) in [4.78, 5) is 19.4. The van der Waals surface area contributed by atoms with Crippen LogP contribution >= 0.6 is 0 Å². The van der Waals surface area contributed by atoms with E-state index in [1.807, 2.05) is 13.0 Å². The molecule has 1 atom stereocenters. The van der Waals surface area contributed by atoms with Crippen LogP contribution in [-0.2, 0) is 0 Å². The molecule has 132 valence electrons. The number of aliphatic hydroxyl groups excluding tert-OH is 1. The van der Waals surface area contributed by atoms with Gasteiger partial charge in [-0.05, 0) is 52.4 Å². The molecule has 5 heteroatoms. The summed E-state index contributed by atoms with van der Waals surface area (Å²) in [7, 11) is 4.28. The standard InChI is InChI=1S/C19H29N3O2/c1-14-4-5-18(21-9-6-15(7-10-21)20(2)3)17(12-14)19(24)22-11-8-16(23)13-22/h4-5,12,15-16,23H,6-11,13H2,1-3H3. The van der Waals surface area contributed by atoms with Crippen molar-refractivity contribution >= 4 is 11.6 Å². The monoisotopic (exact) mass is 331 g/mol. The Morgan fingerprint density at radius 1 is 1.17 bits per heavy atom. The van der Waals surface area contributed by atoms with E-state index >= 15 is 0 Å². The summed E-state index contributed by atoms with van der Waals surface area (Å²) in [6.07, 6.45) is 2.55. The van der Waals surface area contributed by atoms with E-state index in [0.29, 0.717) is 25.6 Å². The van der Waals surface area contributed by atoms with Crippen molar-refractivity contribution in [2.24, 2.45) is 0 Å². The molecule has 2 aliphatic heterocycles. The highest BCUT2D eigenvalue weighted by molar-refractivity contribution is 6.00. The number of anilines is 1. The molecule has 0 aromatic heterocycles. The van der Waals surface area contributed by atoms with E-state index in [-0.39, 0.29) is 12.0 Å². The molecule has 24 heavy (non-hydrogen) atoms. The van der Waals surface area contributed by atoms with E-state index in [2.05, 4.69) is 36.0 Å². The van der Waals surface area contributed by atoms with Gasteiger partial charge >= 0.3 is 0 Å². The molecule has 1 unspecified atom stereocenters. The molecule has 0 aliphatic carbocycles. The molecular weight excluding hydrogens is 302 g/mol. The van der Waals surface area contributed by atoms with Gasteiger partial charge in [-0.25, -0.2) is 0 Å². The lowest BCUT2D eigenvalue weighted by Gasteiger charge is -2.37. The summed E-state index contributed by atoms with van der Waals surface area (Å²) >= 11 is 0. The summed E-state index contributed by atoms with van der Waals surface area (Å²) in [6, 6.07) is 6.80. The highest BCUT2D eigenvalue weighted by Crippen LogP contribution is 2.28. The molecule has 3 rings (SSSR count). The van der Waals surface area contributed by atoms with Gasteiger partial charge in [0.2, 0.25) is 0 Å². The summed E-state index contributed by atoms with van der Waals surface area (Å²) in [5, 5.41) is 9.74. The Morgan fingerprint density at radius 3 is 2.46 bits per heavy atom. The maximum absolute atomic E-state index is 13.0. The Kier molecular flexibility index (Phi) is 5.11. The quantitative estimate of drug-likeness (QED) is 0.916. The van der Waals surface area contributed by atoms with Crippen molar-refractivity contribution in [3.63, 3.8) is 0 Å². The highest BCUT2D eigenvalue weighted by Gasteiger charge is 2.29. The number of nitrogens with zero attached hydrogens (tertiary/aromatic N) is 3. The van der Waals surface area contributed by atoms with Crippen LogP contribution in [0.25, 0.3) is 0 Å². The minimum absolute atomic E-state index is 0.0555. The zero-order chi connectivity index (χ0) is 17.3. The van der Waals surface area contributed by atoms with Crippen molar-refractivity contribution in [2.45, 2.75) is 38.3 Å². The molecule has 2 heterocycles. The first-order chi connectivity index (χ1) is 11.5. The van der Waals surface area contributed by atoms with Crippen molar-refractivity contribution in [3.8, 4) is 0 Å². The molecule has 0 spiro atoms. The third-order valence-electron chi connectivity index (χ3n) is 5.37. The maximum Gasteiger partial charge on any atom is 0.256 e. The second-order valence-electron chi connectivity index (χ2n) is 7.40. The van der Waals surface area contributed by atoms with Gasteiger partial charge in [-0.3, -0.25) is 4.79 Å². The van der Waals surface area contributed by atoms with Gasteiger partial charge in [0.25, 0.3) is 5.91 Å². The minimum Gasteiger partial charge on any atom is -0.391 e. The third-order valence-corrected chi connectivity index (χ3v) is 5.37. The second kappa shape index (κ2) is 7.11. The predicted molar refractivity (Wildman–Crippen MR) is 96.6 cm³/mol. The largest absolute Gasteiger partial charge is 0.391 e. The summed E-state index contributed by atoms with van der Waals surface area (Å²) in [5.74, 6) is 0.0555. The van der Waals surface area contributed by atoms with E-state index in [4.69, 9.17) is 0 Å². The van der Waals surface area contributed by atoms with Gasteiger partial charge in [0.05, 0.1) is 11.7 Å². The van der Waals surface area contributed by atoms with Crippen LogP contribution in [0.2, 0.25) is 0 Å². The summed E-state index contributed by atoms with van der Waals surface area (Å²) in [5.41, 5.74) is 2.93. The number of amides is 1. The number of aliphatic hydroxyl groups is 1. The molecule has 2 saturated heterocycles. The van der Waals surface area contributed by atoms with Crippen molar-refractivity contribution in [2.75, 3.05) is 45.2 Å². The number of carbonyl (C=O) groups is 1. The lowest BCUT2D eigenvalue weighted by Crippen LogP contribution is -2.42. The Labute approximate surface area is 144 Å². The first kappa shape index (κ1) is 17.2. The Morgan fingerprint density at radius 2 is 1.88 bits per heavy atom. The van der Waals surface area contributed by atoms with Crippen LogP contribution in [0.15, 0.2) is 18.2 Å². The van der Waals surface area contributed by atoms with E-state index in [1.165, 1.54) is 0 Å². The van der Waals surface area contributed by atoms with Gasteiger partial charge in [-0.2, -0.15) is 0 Å². The zero-order valence-electron chi connectivity index (χ0n) is 15.0. The van der Waals surface area contributed by atoms with Gasteiger partial charge < -0.3 is 19.8 Å². The molecule has 1 aromatic carbocycles. The topological polar surface area (TPSA) is 47.0 Å². The van der Waals surface area contributed by atoms with Crippen LogP contribution in [0.5, 0.6) is 0 Å². The van der Waals surface area contributed by atoms with Crippen LogP contribution in [-0.4, -0.2) is 73.2 Å². The first-order valence-electron chi connectivity index (χ1n) is 8.95. The van der Waals surface area contributed by atoms with Gasteiger partial charge in [0.15, 0.2) is 0 Å². The number of likely N-dealkylation sites (tertiary alicyclic amines) is 1. The zero-order valence-corrected chi connectivity index (χ0v) is 15.0. The molecule has 1 N–H and O–H groups in total. The Balaban J connectivity index is 1.80. The lowest BCUT2D eigenvalue weighted by atomic mass is 10.0. The Bertz CT molecular complexity index is 594. The van der Waals surface area contributed by atoms with Crippen molar-refractivity contribution in [1.29, 1.82) is 0 Å². The maximum atomic E-state index is 13.0. The number of hydrogen-bond donors (Lipinski definition) is 1. The number of β-amino-alcohol motifs (C(OH)–C–C–N with tert-alkyl or cyclic N) is 1. The number of hydrogen-bond acceptors (Lipinski definition) is 4. The Hall–Kier alpha value is -1.59. The van der Waals surface area contributed by atoms with Crippen molar-refractivity contribution in [3.05, 3.63) is 29.3 Å². The third kappa shape index (κ3) is 3.57. The van der Waals surface area contributed by atoms with E-state index in [1.54, 1.807) is 4.90 Å². The SMILES string of the molecule is Cc1ccc(N2CCC(N(C)C)CC2)c(C(=O)N2CCC(O)C2)c1. The van der Waals surface area contributed by atoms with Crippen LogP contribution in [0, 0.1) is 6.92 Å². The average Bonchev–Trinajstić information content (AvgIpc) is 3.00. The predicted octanol–water partition coefficient (Wildman–Crippen LogP) is 1.73. The van der Waals surface area contributed by atoms with Crippen LogP contribution in [0.3, 0.4) is 0 Å². The molecule has 1 amide bonds. The molecular formula is C19H29N3O2. The van der Waals surface area contributed by atoms with Crippen LogP contribution < -0.4 is 4.90 Å². The number of aryl methyl sites for hydroxylation is 1. The average molecular weight is 331 g/mol. The van der Waals surface area contributed by atoms with Gasteiger partial charge in [0, 0.05) is 37.9 Å². The van der Waals surface area contributed by atoms with Gasteiger partial charge in [0.1, 0.15) is 0 Å². The van der Waals surface area contributed by atoms with Crippen molar-refractivity contribution < 1.29 is 9.90 Å². The molecule has 2 aliphatic rings. The smallest absolute Gasteiger partial charge is 0.256 e. The number of benzene rings is 1. The molecule has 5 nitrogen and oxygen atoms in total. The summed E-state index contributed by atoms with van der Waals surface area (Å²) < 4.78 is 0. The lowest BCUT2D eigenvalue weighted by molar-refractivity contribution is 0.0765.